The molecule has 0 atom stereocenters. The monoisotopic (exact) mass is 183 g/mol. The highest BCUT2D eigenvalue weighted by Gasteiger charge is 2.12. The van der Waals surface area contributed by atoms with Crippen LogP contribution in [-0.4, -0.2) is 32.0 Å². The maximum absolute atomic E-state index is 10.3. The summed E-state index contributed by atoms with van der Waals surface area (Å²) in [6.45, 7) is 4.01. The Hall–Kier alpha value is -1.23. The molecule has 0 unspecified atom stereocenters. The molecule has 1 heterocycles. The lowest BCUT2D eigenvalue weighted by atomic mass is 10.1. The summed E-state index contributed by atoms with van der Waals surface area (Å²) in [4.78, 5) is 10.3. The fraction of sp³-hybridized carbons (Fsp3) is 0.625. The Kier molecular flexibility index (Phi) is 2.77. The predicted molar refractivity (Wildman–Crippen MR) is 46.3 cm³/mol. The van der Waals surface area contributed by atoms with Gasteiger partial charge in [-0.25, -0.2) is 0 Å². The summed E-state index contributed by atoms with van der Waals surface area (Å²) in [5, 5.41) is 16.7. The Morgan fingerprint density at radius 3 is 2.85 bits per heavy atom. The molecule has 0 aliphatic heterocycles. The number of nitrogens with zero attached hydrogens (tertiary/aromatic N) is 3. The van der Waals surface area contributed by atoms with Crippen molar-refractivity contribution in [2.24, 2.45) is 0 Å². The molecule has 0 bridgehead atoms. The minimum Gasteiger partial charge on any atom is -0.390 e. The third-order valence-electron chi connectivity index (χ3n) is 1.63. The van der Waals surface area contributed by atoms with E-state index in [1.54, 1.807) is 24.7 Å². The Balaban J connectivity index is 2.50. The van der Waals surface area contributed by atoms with Crippen molar-refractivity contribution >= 4 is 6.29 Å². The molecule has 1 rings (SSSR count). The summed E-state index contributed by atoms with van der Waals surface area (Å²) in [5.41, 5.74) is -0.399. The van der Waals surface area contributed by atoms with Gasteiger partial charge in [0.25, 0.3) is 0 Å². The fourth-order valence-electron chi connectivity index (χ4n) is 0.865. The van der Waals surface area contributed by atoms with Gasteiger partial charge in [-0.05, 0) is 20.3 Å². The summed E-state index contributed by atoms with van der Waals surface area (Å²) in [6.07, 6.45) is 2.78. The van der Waals surface area contributed by atoms with Crippen molar-refractivity contribution in [3.8, 4) is 0 Å². The highest BCUT2D eigenvalue weighted by Crippen LogP contribution is 2.08. The lowest BCUT2D eigenvalue weighted by Gasteiger charge is -2.15. The van der Waals surface area contributed by atoms with Crippen LogP contribution in [0.1, 0.15) is 30.8 Å². The molecule has 72 valence electrons. The molecule has 0 saturated carbocycles. The molecule has 0 saturated heterocycles. The minimum atomic E-state index is -0.715. The van der Waals surface area contributed by atoms with Crippen molar-refractivity contribution < 1.29 is 9.90 Å². The van der Waals surface area contributed by atoms with Crippen molar-refractivity contribution in [3.63, 3.8) is 0 Å². The van der Waals surface area contributed by atoms with Crippen LogP contribution in [-0.2, 0) is 6.54 Å². The molecule has 0 amide bonds. The van der Waals surface area contributed by atoms with Crippen molar-refractivity contribution in [1.82, 2.24) is 15.0 Å². The largest absolute Gasteiger partial charge is 0.390 e. The number of aliphatic hydroxyl groups is 1. The van der Waals surface area contributed by atoms with Crippen LogP contribution in [0.5, 0.6) is 0 Å². The van der Waals surface area contributed by atoms with E-state index < -0.39 is 5.60 Å². The number of hydrogen-bond acceptors (Lipinski definition) is 4. The normalized spacial score (nSPS) is 11.6. The van der Waals surface area contributed by atoms with Gasteiger partial charge >= 0.3 is 0 Å². The molecule has 5 heteroatoms. The first-order valence-electron chi connectivity index (χ1n) is 4.09. The van der Waals surface area contributed by atoms with Crippen molar-refractivity contribution in [1.29, 1.82) is 0 Å². The van der Waals surface area contributed by atoms with Crippen molar-refractivity contribution in [3.05, 3.63) is 11.9 Å². The van der Waals surface area contributed by atoms with Crippen LogP contribution in [0.15, 0.2) is 6.20 Å². The van der Waals surface area contributed by atoms with Gasteiger partial charge in [-0.3, -0.25) is 9.48 Å². The van der Waals surface area contributed by atoms with E-state index in [1.165, 1.54) is 0 Å². The molecule has 1 N–H and O–H groups in total. The van der Waals surface area contributed by atoms with E-state index in [0.717, 1.165) is 0 Å². The third-order valence-corrected chi connectivity index (χ3v) is 1.63. The van der Waals surface area contributed by atoms with Gasteiger partial charge in [0.05, 0.1) is 11.8 Å². The highest BCUT2D eigenvalue weighted by molar-refractivity contribution is 5.70. The molecule has 1 aromatic heterocycles. The van der Waals surface area contributed by atoms with Crippen LogP contribution < -0.4 is 0 Å². The zero-order chi connectivity index (χ0) is 9.90. The van der Waals surface area contributed by atoms with E-state index in [9.17, 15) is 9.90 Å². The minimum absolute atomic E-state index is 0.316. The van der Waals surface area contributed by atoms with Crippen LogP contribution in [0, 0.1) is 0 Å². The maximum Gasteiger partial charge on any atom is 0.171 e. The van der Waals surface area contributed by atoms with Gasteiger partial charge in [-0.2, -0.15) is 0 Å². The van der Waals surface area contributed by atoms with E-state index in [0.29, 0.717) is 24.9 Å². The van der Waals surface area contributed by atoms with Crippen LogP contribution in [0.4, 0.5) is 0 Å². The first kappa shape index (κ1) is 9.85. The summed E-state index contributed by atoms with van der Waals surface area (Å²) in [6, 6.07) is 0. The molecule has 0 fully saturated rings. The van der Waals surface area contributed by atoms with E-state index in [4.69, 9.17) is 0 Å². The average Bonchev–Trinajstić information content (AvgIpc) is 2.47. The van der Waals surface area contributed by atoms with Crippen LogP contribution >= 0.6 is 0 Å². The smallest absolute Gasteiger partial charge is 0.171 e. The number of aryl methyl sites for hydroxylation is 1. The molecule has 0 aliphatic rings. The number of hydrogen-bond donors (Lipinski definition) is 1. The number of rotatable bonds is 4. The summed E-state index contributed by atoms with van der Waals surface area (Å²) < 4.78 is 1.54. The van der Waals surface area contributed by atoms with Gasteiger partial charge < -0.3 is 5.11 Å². The molecule has 5 nitrogen and oxygen atoms in total. The van der Waals surface area contributed by atoms with E-state index in [-0.39, 0.29) is 0 Å². The van der Waals surface area contributed by atoms with Crippen molar-refractivity contribution in [2.45, 2.75) is 32.4 Å². The average molecular weight is 183 g/mol. The van der Waals surface area contributed by atoms with Gasteiger partial charge in [0.2, 0.25) is 0 Å². The Morgan fingerprint density at radius 2 is 2.38 bits per heavy atom. The van der Waals surface area contributed by atoms with E-state index in [1.807, 2.05) is 0 Å². The maximum atomic E-state index is 10.3. The number of aldehydes is 1. The molecule has 0 aliphatic carbocycles. The highest BCUT2D eigenvalue weighted by atomic mass is 16.3. The molecule has 13 heavy (non-hydrogen) atoms. The second-order valence-electron chi connectivity index (χ2n) is 3.59. The van der Waals surface area contributed by atoms with Gasteiger partial charge in [-0.1, -0.05) is 5.21 Å². The quantitative estimate of drug-likeness (QED) is 0.679. The van der Waals surface area contributed by atoms with Gasteiger partial charge in [0.1, 0.15) is 5.69 Å². The first-order valence-corrected chi connectivity index (χ1v) is 4.09. The van der Waals surface area contributed by atoms with Crippen LogP contribution in [0.25, 0.3) is 0 Å². The molecule has 0 aromatic carbocycles. The number of aromatic nitrogens is 3. The summed E-state index contributed by atoms with van der Waals surface area (Å²) in [5.74, 6) is 0. The van der Waals surface area contributed by atoms with E-state index in [2.05, 4.69) is 10.3 Å². The summed E-state index contributed by atoms with van der Waals surface area (Å²) in [7, 11) is 0. The lowest BCUT2D eigenvalue weighted by molar-refractivity contribution is 0.0649. The molecule has 0 spiro atoms. The van der Waals surface area contributed by atoms with Gasteiger partial charge in [0.15, 0.2) is 6.29 Å². The van der Waals surface area contributed by atoms with Crippen LogP contribution in [0.3, 0.4) is 0 Å². The van der Waals surface area contributed by atoms with Crippen molar-refractivity contribution in [2.75, 3.05) is 0 Å². The second-order valence-corrected chi connectivity index (χ2v) is 3.59. The third kappa shape index (κ3) is 3.33. The molecular formula is C8H13N3O2. The standard InChI is InChI=1S/C8H13N3O2/c1-8(2,13)3-4-11-5-7(6-12)9-10-11/h5-6,13H,3-4H2,1-2H3. The van der Waals surface area contributed by atoms with Crippen LogP contribution in [0.2, 0.25) is 0 Å². The molecular weight excluding hydrogens is 170 g/mol. The lowest BCUT2D eigenvalue weighted by Crippen LogP contribution is -2.21. The SMILES string of the molecule is CC(C)(O)CCn1cc(C=O)nn1. The van der Waals surface area contributed by atoms with Gasteiger partial charge in [-0.15, -0.1) is 5.10 Å². The topological polar surface area (TPSA) is 68.0 Å². The summed E-state index contributed by atoms with van der Waals surface area (Å²) >= 11 is 0. The number of carbonyl (C=O) groups is 1. The number of carbonyl (C=O) groups excluding carboxylic acids is 1. The predicted octanol–water partition coefficient (Wildman–Crippen LogP) is 0.252. The Bertz CT molecular complexity index is 288. The molecule has 0 radical (unpaired) electrons. The second kappa shape index (κ2) is 3.66. The van der Waals surface area contributed by atoms with E-state index >= 15 is 0 Å². The zero-order valence-corrected chi connectivity index (χ0v) is 7.77. The Labute approximate surface area is 76.4 Å². The fourth-order valence-corrected chi connectivity index (χ4v) is 0.865. The first-order chi connectivity index (χ1) is 6.01. The Morgan fingerprint density at radius 1 is 1.69 bits per heavy atom. The van der Waals surface area contributed by atoms with Gasteiger partial charge in [0, 0.05) is 6.54 Å². The molecule has 1 aromatic rings. The zero-order valence-electron chi connectivity index (χ0n) is 7.77.